The van der Waals surface area contributed by atoms with Crippen LogP contribution in [0.3, 0.4) is 0 Å². The van der Waals surface area contributed by atoms with Crippen molar-refractivity contribution in [3.05, 3.63) is 35.1 Å². The van der Waals surface area contributed by atoms with Crippen LogP contribution >= 0.6 is 11.3 Å². The van der Waals surface area contributed by atoms with Gasteiger partial charge in [0.25, 0.3) is 5.91 Å². The summed E-state index contributed by atoms with van der Waals surface area (Å²) < 4.78 is 0. The van der Waals surface area contributed by atoms with Crippen LogP contribution in [-0.2, 0) is 0 Å². The molecule has 0 spiro atoms. The van der Waals surface area contributed by atoms with Crippen molar-refractivity contribution < 1.29 is 4.79 Å². The van der Waals surface area contributed by atoms with Crippen LogP contribution in [-0.4, -0.2) is 15.9 Å². The second-order valence-corrected chi connectivity index (χ2v) is 4.18. The number of anilines is 2. The fourth-order valence-electron chi connectivity index (χ4n) is 1.22. The molecule has 2 aromatic rings. The van der Waals surface area contributed by atoms with Gasteiger partial charge in [0.05, 0.1) is 11.4 Å². The molecule has 17 heavy (non-hydrogen) atoms. The molecule has 0 saturated heterocycles. The van der Waals surface area contributed by atoms with Crippen molar-refractivity contribution >= 4 is 28.1 Å². The van der Waals surface area contributed by atoms with Gasteiger partial charge in [0, 0.05) is 11.6 Å². The maximum absolute atomic E-state index is 11.8. The monoisotopic (exact) mass is 249 g/mol. The van der Waals surface area contributed by atoms with Gasteiger partial charge in [-0.25, -0.2) is 4.98 Å². The summed E-state index contributed by atoms with van der Waals surface area (Å²) >= 11 is 1.37. The van der Waals surface area contributed by atoms with Crippen LogP contribution in [0.25, 0.3) is 0 Å². The highest BCUT2D eigenvalue weighted by molar-refractivity contribution is 7.13. The van der Waals surface area contributed by atoms with Crippen LogP contribution in [0, 0.1) is 6.92 Å². The number of hydrazine groups is 1. The highest BCUT2D eigenvalue weighted by atomic mass is 32.1. The van der Waals surface area contributed by atoms with Crippen molar-refractivity contribution in [2.75, 3.05) is 10.7 Å². The van der Waals surface area contributed by atoms with Gasteiger partial charge in [-0.3, -0.25) is 20.9 Å². The summed E-state index contributed by atoms with van der Waals surface area (Å²) in [4.78, 5) is 19.9. The molecule has 1 amide bonds. The summed E-state index contributed by atoms with van der Waals surface area (Å²) in [7, 11) is 0. The molecule has 4 N–H and O–H groups in total. The van der Waals surface area contributed by atoms with Crippen molar-refractivity contribution in [2.45, 2.75) is 6.92 Å². The molecule has 7 heteroatoms. The third-order valence-corrected chi connectivity index (χ3v) is 2.87. The first-order valence-electron chi connectivity index (χ1n) is 4.85. The van der Waals surface area contributed by atoms with Crippen molar-refractivity contribution in [3.63, 3.8) is 0 Å². The first kappa shape index (κ1) is 11.5. The van der Waals surface area contributed by atoms with Crippen LogP contribution in [0.15, 0.2) is 23.7 Å². The summed E-state index contributed by atoms with van der Waals surface area (Å²) in [5.41, 5.74) is 4.24. The standard InChI is InChI=1S/C10H11N5OS/c1-6-5-17-10(13-6)14-9(16)8-4-7(15-11)2-3-12-8/h2-5H,11H2,1H3,(H,12,15)(H,13,14,16). The van der Waals surface area contributed by atoms with Gasteiger partial charge in [0.1, 0.15) is 5.69 Å². The SMILES string of the molecule is Cc1csc(NC(=O)c2cc(NN)ccn2)n1. The number of nitrogens with zero attached hydrogens (tertiary/aromatic N) is 2. The van der Waals surface area contributed by atoms with E-state index in [1.807, 2.05) is 12.3 Å². The molecule has 2 rings (SSSR count). The normalized spacial score (nSPS) is 10.0. The number of nitrogens with two attached hydrogens (primary N) is 1. The van der Waals surface area contributed by atoms with Crippen LogP contribution in [0.4, 0.5) is 10.8 Å². The topological polar surface area (TPSA) is 92.9 Å². The van der Waals surface area contributed by atoms with E-state index in [1.54, 1.807) is 12.1 Å². The fraction of sp³-hybridized carbons (Fsp3) is 0.100. The first-order chi connectivity index (χ1) is 8.19. The number of aromatic nitrogens is 2. The third-order valence-electron chi connectivity index (χ3n) is 2.00. The van der Waals surface area contributed by atoms with Crippen LogP contribution in [0.1, 0.15) is 16.2 Å². The van der Waals surface area contributed by atoms with E-state index in [0.717, 1.165) is 5.69 Å². The van der Waals surface area contributed by atoms with Gasteiger partial charge in [-0.15, -0.1) is 11.3 Å². The highest BCUT2D eigenvalue weighted by Gasteiger charge is 2.09. The lowest BCUT2D eigenvalue weighted by molar-refractivity contribution is 0.102. The summed E-state index contributed by atoms with van der Waals surface area (Å²) in [5, 5.41) is 5.09. The molecule has 0 aromatic carbocycles. The van der Waals surface area contributed by atoms with Crippen molar-refractivity contribution in [3.8, 4) is 0 Å². The molecule has 0 bridgehead atoms. The van der Waals surface area contributed by atoms with E-state index in [9.17, 15) is 4.79 Å². The van der Waals surface area contributed by atoms with Gasteiger partial charge < -0.3 is 5.43 Å². The van der Waals surface area contributed by atoms with E-state index in [1.165, 1.54) is 17.5 Å². The molecule has 0 saturated carbocycles. The van der Waals surface area contributed by atoms with Crippen molar-refractivity contribution in [2.24, 2.45) is 5.84 Å². The summed E-state index contributed by atoms with van der Waals surface area (Å²) in [6.07, 6.45) is 1.51. The van der Waals surface area contributed by atoms with Gasteiger partial charge >= 0.3 is 0 Å². The molecule has 2 heterocycles. The minimum atomic E-state index is -0.309. The number of nitrogen functional groups attached to an aromatic ring is 1. The predicted molar refractivity (Wildman–Crippen MR) is 66.9 cm³/mol. The molecule has 0 aliphatic rings. The Hall–Kier alpha value is -1.99. The number of carbonyl (C=O) groups is 1. The Morgan fingerprint density at radius 3 is 3.00 bits per heavy atom. The lowest BCUT2D eigenvalue weighted by Gasteiger charge is -2.03. The van der Waals surface area contributed by atoms with E-state index < -0.39 is 0 Å². The number of nitrogens with one attached hydrogen (secondary N) is 2. The number of aryl methyl sites for hydroxylation is 1. The highest BCUT2D eigenvalue weighted by Crippen LogP contribution is 2.15. The maximum Gasteiger partial charge on any atom is 0.276 e. The molecule has 0 fully saturated rings. The molecule has 0 aliphatic carbocycles. The zero-order valence-electron chi connectivity index (χ0n) is 9.10. The van der Waals surface area contributed by atoms with Crippen LogP contribution in [0.5, 0.6) is 0 Å². The van der Waals surface area contributed by atoms with E-state index >= 15 is 0 Å². The van der Waals surface area contributed by atoms with Gasteiger partial charge in [-0.2, -0.15) is 0 Å². The van der Waals surface area contributed by atoms with E-state index in [2.05, 4.69) is 20.7 Å². The molecule has 0 aliphatic heterocycles. The van der Waals surface area contributed by atoms with Crippen molar-refractivity contribution in [1.82, 2.24) is 9.97 Å². The number of hydrogen-bond donors (Lipinski definition) is 3. The summed E-state index contributed by atoms with van der Waals surface area (Å²) in [6, 6.07) is 3.24. The Bertz CT molecular complexity index is 539. The molecule has 88 valence electrons. The minimum absolute atomic E-state index is 0.285. The van der Waals surface area contributed by atoms with E-state index in [0.29, 0.717) is 10.8 Å². The zero-order valence-corrected chi connectivity index (χ0v) is 9.91. The minimum Gasteiger partial charge on any atom is -0.324 e. The average Bonchev–Trinajstić information content (AvgIpc) is 2.75. The number of thiazole rings is 1. The molecular formula is C10H11N5OS. The first-order valence-corrected chi connectivity index (χ1v) is 5.73. The van der Waals surface area contributed by atoms with Gasteiger partial charge in [0.15, 0.2) is 5.13 Å². The second-order valence-electron chi connectivity index (χ2n) is 3.32. The summed E-state index contributed by atoms with van der Waals surface area (Å²) in [6.45, 7) is 1.86. The van der Waals surface area contributed by atoms with Gasteiger partial charge in [-0.05, 0) is 19.1 Å². The molecule has 6 nitrogen and oxygen atoms in total. The Labute approximate surface area is 102 Å². The second kappa shape index (κ2) is 4.89. The lowest BCUT2D eigenvalue weighted by atomic mass is 10.3. The Balaban J connectivity index is 2.14. The number of pyridine rings is 1. The van der Waals surface area contributed by atoms with Crippen molar-refractivity contribution in [1.29, 1.82) is 0 Å². The zero-order chi connectivity index (χ0) is 12.3. The Morgan fingerprint density at radius 1 is 1.53 bits per heavy atom. The van der Waals surface area contributed by atoms with Crippen LogP contribution < -0.4 is 16.6 Å². The number of hydrogen-bond acceptors (Lipinski definition) is 6. The Morgan fingerprint density at radius 2 is 2.35 bits per heavy atom. The average molecular weight is 249 g/mol. The number of carbonyl (C=O) groups excluding carboxylic acids is 1. The number of amides is 1. The predicted octanol–water partition coefficient (Wildman–Crippen LogP) is 1.38. The largest absolute Gasteiger partial charge is 0.324 e. The third kappa shape index (κ3) is 2.77. The van der Waals surface area contributed by atoms with E-state index in [-0.39, 0.29) is 11.6 Å². The smallest absolute Gasteiger partial charge is 0.276 e. The molecule has 0 atom stereocenters. The molecule has 0 unspecified atom stereocenters. The maximum atomic E-state index is 11.8. The molecule has 2 aromatic heterocycles. The van der Waals surface area contributed by atoms with Gasteiger partial charge in [0.2, 0.25) is 0 Å². The van der Waals surface area contributed by atoms with Gasteiger partial charge in [-0.1, -0.05) is 0 Å². The fourth-order valence-corrected chi connectivity index (χ4v) is 1.90. The lowest BCUT2D eigenvalue weighted by Crippen LogP contribution is -2.15. The molecule has 0 radical (unpaired) electrons. The molecular weight excluding hydrogens is 238 g/mol. The van der Waals surface area contributed by atoms with Crippen LogP contribution in [0.2, 0.25) is 0 Å². The number of rotatable bonds is 3. The quantitative estimate of drug-likeness (QED) is 0.564. The van der Waals surface area contributed by atoms with E-state index in [4.69, 9.17) is 5.84 Å². The summed E-state index contributed by atoms with van der Waals surface area (Å²) in [5.74, 6) is 4.95. The Kier molecular flexibility index (Phi) is 3.31.